The molecule has 0 saturated heterocycles. The maximum atomic E-state index is 13.2. The summed E-state index contributed by atoms with van der Waals surface area (Å²) >= 11 is 0. The molecule has 0 aliphatic carbocycles. The standard InChI is InChI=1S/C14H17FN4O/c1-3-4-10-13(16)17-8-18-14(10)19-11-6-5-9(15)7-12(11)20-2/h5-8H,3-4H2,1-2H3,(H3,16,17,18,19). The Bertz CT molecular complexity index is 604. The lowest BCUT2D eigenvalue weighted by molar-refractivity contribution is 0.413. The Labute approximate surface area is 117 Å². The van der Waals surface area contributed by atoms with Crippen LogP contribution in [0.5, 0.6) is 5.75 Å². The molecule has 0 spiro atoms. The highest BCUT2D eigenvalue weighted by atomic mass is 19.1. The van der Waals surface area contributed by atoms with Crippen molar-refractivity contribution in [2.45, 2.75) is 19.8 Å². The minimum absolute atomic E-state index is 0.358. The first-order valence-electron chi connectivity index (χ1n) is 6.35. The van der Waals surface area contributed by atoms with Crippen molar-refractivity contribution in [2.75, 3.05) is 18.2 Å². The number of benzene rings is 1. The number of anilines is 3. The highest BCUT2D eigenvalue weighted by Gasteiger charge is 2.11. The average Bonchev–Trinajstić information content (AvgIpc) is 2.44. The summed E-state index contributed by atoms with van der Waals surface area (Å²) in [6.45, 7) is 2.05. The molecule has 1 aromatic carbocycles. The van der Waals surface area contributed by atoms with E-state index in [0.29, 0.717) is 23.1 Å². The van der Waals surface area contributed by atoms with E-state index in [1.807, 2.05) is 0 Å². The Morgan fingerprint density at radius 2 is 2.15 bits per heavy atom. The van der Waals surface area contributed by atoms with Crippen LogP contribution in [0.4, 0.5) is 21.7 Å². The van der Waals surface area contributed by atoms with Gasteiger partial charge >= 0.3 is 0 Å². The average molecular weight is 276 g/mol. The molecular weight excluding hydrogens is 259 g/mol. The molecule has 0 radical (unpaired) electrons. The van der Waals surface area contributed by atoms with E-state index in [4.69, 9.17) is 10.5 Å². The van der Waals surface area contributed by atoms with Crippen LogP contribution >= 0.6 is 0 Å². The lowest BCUT2D eigenvalue weighted by atomic mass is 10.1. The van der Waals surface area contributed by atoms with Crippen LogP contribution in [-0.4, -0.2) is 17.1 Å². The van der Waals surface area contributed by atoms with Gasteiger partial charge in [-0.05, 0) is 18.6 Å². The number of ether oxygens (including phenoxy) is 1. The van der Waals surface area contributed by atoms with E-state index in [1.54, 1.807) is 6.07 Å². The fraction of sp³-hybridized carbons (Fsp3) is 0.286. The molecule has 2 rings (SSSR count). The van der Waals surface area contributed by atoms with Crippen molar-refractivity contribution >= 4 is 17.3 Å². The molecule has 0 unspecified atom stereocenters. The summed E-state index contributed by atoms with van der Waals surface area (Å²) in [5.74, 6) is 1.11. The largest absolute Gasteiger partial charge is 0.494 e. The summed E-state index contributed by atoms with van der Waals surface area (Å²) in [7, 11) is 1.49. The quantitative estimate of drug-likeness (QED) is 0.878. The van der Waals surface area contributed by atoms with E-state index >= 15 is 0 Å². The molecule has 0 aliphatic rings. The van der Waals surface area contributed by atoms with Crippen LogP contribution in [0.15, 0.2) is 24.5 Å². The topological polar surface area (TPSA) is 73.1 Å². The predicted molar refractivity (Wildman–Crippen MR) is 76.7 cm³/mol. The first-order chi connectivity index (χ1) is 9.65. The number of nitrogens with zero attached hydrogens (tertiary/aromatic N) is 2. The zero-order valence-electron chi connectivity index (χ0n) is 11.5. The second kappa shape index (κ2) is 6.18. The summed E-state index contributed by atoms with van der Waals surface area (Å²) in [6, 6.07) is 4.27. The van der Waals surface area contributed by atoms with Gasteiger partial charge in [-0.3, -0.25) is 0 Å². The van der Waals surface area contributed by atoms with Crippen LogP contribution in [0.1, 0.15) is 18.9 Å². The number of nitrogens with two attached hydrogens (primary N) is 1. The van der Waals surface area contributed by atoms with Crippen LogP contribution in [-0.2, 0) is 6.42 Å². The number of hydrogen-bond acceptors (Lipinski definition) is 5. The molecular formula is C14H17FN4O. The van der Waals surface area contributed by atoms with Crippen LogP contribution in [0, 0.1) is 5.82 Å². The van der Waals surface area contributed by atoms with E-state index in [2.05, 4.69) is 22.2 Å². The van der Waals surface area contributed by atoms with Crippen molar-refractivity contribution in [1.82, 2.24) is 9.97 Å². The van der Waals surface area contributed by atoms with Gasteiger partial charge in [-0.2, -0.15) is 0 Å². The lowest BCUT2D eigenvalue weighted by Gasteiger charge is -2.14. The van der Waals surface area contributed by atoms with E-state index in [0.717, 1.165) is 18.4 Å². The molecule has 0 saturated carbocycles. The number of hydrogen-bond donors (Lipinski definition) is 2. The Morgan fingerprint density at radius 1 is 1.35 bits per heavy atom. The predicted octanol–water partition coefficient (Wildman–Crippen LogP) is 2.90. The van der Waals surface area contributed by atoms with Gasteiger partial charge in [-0.1, -0.05) is 13.3 Å². The van der Waals surface area contributed by atoms with E-state index in [1.165, 1.54) is 25.6 Å². The van der Waals surface area contributed by atoms with Crippen LogP contribution in [0.3, 0.4) is 0 Å². The third-order valence-electron chi connectivity index (χ3n) is 2.90. The molecule has 6 heteroatoms. The SMILES string of the molecule is CCCc1c(N)ncnc1Nc1ccc(F)cc1OC. The Balaban J connectivity index is 2.37. The minimum atomic E-state index is -0.358. The molecule has 3 N–H and O–H groups in total. The molecule has 1 heterocycles. The second-order valence-electron chi connectivity index (χ2n) is 4.31. The number of aromatic nitrogens is 2. The van der Waals surface area contributed by atoms with E-state index in [9.17, 15) is 4.39 Å². The van der Waals surface area contributed by atoms with Gasteiger partial charge in [-0.15, -0.1) is 0 Å². The van der Waals surface area contributed by atoms with Gasteiger partial charge in [0.1, 0.15) is 29.5 Å². The van der Waals surface area contributed by atoms with E-state index in [-0.39, 0.29) is 5.82 Å². The normalized spacial score (nSPS) is 10.3. The summed E-state index contributed by atoms with van der Waals surface area (Å²) in [4.78, 5) is 8.19. The second-order valence-corrected chi connectivity index (χ2v) is 4.31. The Hall–Kier alpha value is -2.37. The molecule has 5 nitrogen and oxygen atoms in total. The van der Waals surface area contributed by atoms with Crippen LogP contribution in [0.2, 0.25) is 0 Å². The molecule has 0 aliphatic heterocycles. The molecule has 1 aromatic heterocycles. The van der Waals surface area contributed by atoms with Gasteiger partial charge < -0.3 is 15.8 Å². The minimum Gasteiger partial charge on any atom is -0.494 e. The Kier molecular flexibility index (Phi) is 4.34. The summed E-state index contributed by atoms with van der Waals surface area (Å²) < 4.78 is 18.3. The lowest BCUT2D eigenvalue weighted by Crippen LogP contribution is -2.06. The number of halogens is 1. The van der Waals surface area contributed by atoms with Crippen molar-refractivity contribution in [1.29, 1.82) is 0 Å². The van der Waals surface area contributed by atoms with Gasteiger partial charge in [0.2, 0.25) is 0 Å². The van der Waals surface area contributed by atoms with Gasteiger partial charge in [0.25, 0.3) is 0 Å². The summed E-state index contributed by atoms with van der Waals surface area (Å²) in [6.07, 6.45) is 3.08. The molecule has 2 aromatic rings. The molecule has 0 atom stereocenters. The highest BCUT2D eigenvalue weighted by molar-refractivity contribution is 5.68. The van der Waals surface area contributed by atoms with Crippen molar-refractivity contribution in [3.63, 3.8) is 0 Å². The monoisotopic (exact) mass is 276 g/mol. The van der Waals surface area contributed by atoms with Gasteiger partial charge in [0.15, 0.2) is 0 Å². The molecule has 106 valence electrons. The van der Waals surface area contributed by atoms with Gasteiger partial charge in [0, 0.05) is 11.6 Å². The van der Waals surface area contributed by atoms with E-state index < -0.39 is 0 Å². The number of rotatable bonds is 5. The summed E-state index contributed by atoms with van der Waals surface area (Å²) in [5.41, 5.74) is 7.35. The van der Waals surface area contributed by atoms with Crippen LogP contribution < -0.4 is 15.8 Å². The number of nitrogens with one attached hydrogen (secondary N) is 1. The van der Waals surface area contributed by atoms with Crippen molar-refractivity contribution in [2.24, 2.45) is 0 Å². The van der Waals surface area contributed by atoms with Crippen LogP contribution in [0.25, 0.3) is 0 Å². The van der Waals surface area contributed by atoms with Crippen molar-refractivity contribution in [3.05, 3.63) is 35.9 Å². The number of methoxy groups -OCH3 is 1. The third kappa shape index (κ3) is 2.96. The highest BCUT2D eigenvalue weighted by Crippen LogP contribution is 2.30. The molecule has 0 bridgehead atoms. The first kappa shape index (κ1) is 14.0. The molecule has 0 amide bonds. The van der Waals surface area contributed by atoms with Crippen molar-refractivity contribution < 1.29 is 9.13 Å². The van der Waals surface area contributed by atoms with Gasteiger partial charge in [-0.25, -0.2) is 14.4 Å². The zero-order valence-corrected chi connectivity index (χ0v) is 11.5. The zero-order chi connectivity index (χ0) is 14.5. The molecule has 20 heavy (non-hydrogen) atoms. The van der Waals surface area contributed by atoms with Crippen molar-refractivity contribution in [3.8, 4) is 5.75 Å². The molecule has 0 fully saturated rings. The third-order valence-corrected chi connectivity index (χ3v) is 2.90. The maximum Gasteiger partial charge on any atom is 0.145 e. The number of nitrogen functional groups attached to an aromatic ring is 1. The smallest absolute Gasteiger partial charge is 0.145 e. The maximum absolute atomic E-state index is 13.2. The summed E-state index contributed by atoms with van der Waals surface area (Å²) in [5, 5.41) is 3.12. The fourth-order valence-corrected chi connectivity index (χ4v) is 1.93. The Morgan fingerprint density at radius 3 is 2.85 bits per heavy atom. The van der Waals surface area contributed by atoms with Gasteiger partial charge in [0.05, 0.1) is 12.8 Å². The first-order valence-corrected chi connectivity index (χ1v) is 6.35. The fourth-order valence-electron chi connectivity index (χ4n) is 1.93.